The number of hydrogen-bond donors (Lipinski definition) is 2. The molecule has 0 fully saturated rings. The molecule has 0 atom stereocenters. The van der Waals surface area contributed by atoms with E-state index in [0.29, 0.717) is 18.2 Å². The summed E-state index contributed by atoms with van der Waals surface area (Å²) in [4.78, 5) is 21.3. The van der Waals surface area contributed by atoms with Gasteiger partial charge in [-0.15, -0.1) is 0 Å². The Balaban J connectivity index is 1.61. The second-order valence-electron chi connectivity index (χ2n) is 6.80. The summed E-state index contributed by atoms with van der Waals surface area (Å²) in [5, 5.41) is 12.1. The number of benzene rings is 1. The monoisotopic (exact) mass is 446 g/mol. The van der Waals surface area contributed by atoms with Gasteiger partial charge in [-0.3, -0.25) is 4.79 Å². The van der Waals surface area contributed by atoms with Crippen molar-refractivity contribution in [2.75, 3.05) is 30.8 Å². The molecule has 3 rings (SSSR count). The highest BCUT2D eigenvalue weighted by Crippen LogP contribution is 2.24. The fourth-order valence-corrected chi connectivity index (χ4v) is 3.49. The van der Waals surface area contributed by atoms with Gasteiger partial charge < -0.3 is 15.4 Å². The molecule has 0 saturated carbocycles. The van der Waals surface area contributed by atoms with Crippen molar-refractivity contribution in [2.24, 2.45) is 0 Å². The number of hydrogen-bond acceptors (Lipinski definition) is 7. The molecule has 0 bridgehead atoms. The molecule has 1 aromatic carbocycles. The molecule has 0 aliphatic carbocycles. The van der Waals surface area contributed by atoms with E-state index in [-0.39, 0.29) is 18.3 Å². The summed E-state index contributed by atoms with van der Waals surface area (Å²) in [7, 11) is 0. The number of aromatic nitrogens is 4. The molecule has 2 aromatic heterocycles. The van der Waals surface area contributed by atoms with Gasteiger partial charge in [0, 0.05) is 18.8 Å². The Morgan fingerprint density at radius 3 is 2.81 bits per heavy atom. The van der Waals surface area contributed by atoms with Gasteiger partial charge in [0.15, 0.2) is 29.0 Å². The number of fused-ring (bicyclic) bond motifs is 1. The molecule has 1 amide bonds. The van der Waals surface area contributed by atoms with Crippen molar-refractivity contribution in [3.05, 3.63) is 36.3 Å². The minimum atomic E-state index is -0.498. The van der Waals surface area contributed by atoms with Gasteiger partial charge >= 0.3 is 0 Å². The molecule has 0 unspecified atom stereocenters. The number of para-hydroxylation sites is 1. The van der Waals surface area contributed by atoms with E-state index in [0.717, 1.165) is 42.0 Å². The predicted octanol–water partition coefficient (Wildman–Crippen LogP) is 3.48. The van der Waals surface area contributed by atoms with E-state index in [1.54, 1.807) is 34.8 Å². The number of carbonyl (C=O) groups excluding carboxylic acids is 1. The summed E-state index contributed by atoms with van der Waals surface area (Å²) in [6, 6.07) is 5.98. The molecule has 0 spiro atoms. The van der Waals surface area contributed by atoms with Crippen LogP contribution >= 0.6 is 11.8 Å². The van der Waals surface area contributed by atoms with Crippen LogP contribution in [0.15, 0.2) is 35.6 Å². The maximum absolute atomic E-state index is 13.6. The first-order valence-electron chi connectivity index (χ1n) is 10.4. The van der Waals surface area contributed by atoms with Gasteiger partial charge in [-0.25, -0.2) is 19.0 Å². The van der Waals surface area contributed by atoms with Gasteiger partial charge in [0.25, 0.3) is 5.91 Å². The zero-order valence-electron chi connectivity index (χ0n) is 17.7. The van der Waals surface area contributed by atoms with Gasteiger partial charge in [-0.1, -0.05) is 37.7 Å². The van der Waals surface area contributed by atoms with Crippen LogP contribution in [-0.4, -0.2) is 51.1 Å². The average Bonchev–Trinajstić information content (AvgIpc) is 3.18. The molecular formula is C21H27FN6O2S. The molecule has 0 aliphatic rings. The van der Waals surface area contributed by atoms with Crippen molar-refractivity contribution < 1.29 is 13.9 Å². The summed E-state index contributed by atoms with van der Waals surface area (Å²) in [6.45, 7) is 5.55. The summed E-state index contributed by atoms with van der Waals surface area (Å²) in [5.74, 6) is 0.932. The largest absolute Gasteiger partial charge is 0.481 e. The molecule has 2 heterocycles. The topological polar surface area (TPSA) is 94.0 Å². The summed E-state index contributed by atoms with van der Waals surface area (Å²) in [5.41, 5.74) is 0.726. The van der Waals surface area contributed by atoms with Crippen LogP contribution in [0.4, 0.5) is 10.2 Å². The van der Waals surface area contributed by atoms with E-state index in [4.69, 9.17) is 4.74 Å². The van der Waals surface area contributed by atoms with Crippen molar-refractivity contribution in [1.82, 2.24) is 25.1 Å². The summed E-state index contributed by atoms with van der Waals surface area (Å²) in [6.07, 6.45) is 3.76. The van der Waals surface area contributed by atoms with Crippen LogP contribution < -0.4 is 15.4 Å². The van der Waals surface area contributed by atoms with Crippen LogP contribution in [0.2, 0.25) is 0 Å². The normalized spacial score (nSPS) is 10.9. The predicted molar refractivity (Wildman–Crippen MR) is 120 cm³/mol. The zero-order chi connectivity index (χ0) is 22.1. The van der Waals surface area contributed by atoms with Crippen molar-refractivity contribution >= 4 is 34.5 Å². The highest BCUT2D eigenvalue weighted by molar-refractivity contribution is 7.99. The second kappa shape index (κ2) is 11.5. The molecule has 0 saturated heterocycles. The molecule has 31 heavy (non-hydrogen) atoms. The number of halogens is 1. The average molecular weight is 447 g/mol. The Hall–Kier alpha value is -2.88. The number of carbonyl (C=O) groups is 1. The molecule has 10 heteroatoms. The second-order valence-corrected chi connectivity index (χ2v) is 7.87. The van der Waals surface area contributed by atoms with E-state index in [2.05, 4.69) is 39.5 Å². The van der Waals surface area contributed by atoms with Gasteiger partial charge in [0.05, 0.1) is 18.1 Å². The maximum Gasteiger partial charge on any atom is 0.258 e. The lowest BCUT2D eigenvalue weighted by Gasteiger charge is -2.10. The lowest BCUT2D eigenvalue weighted by molar-refractivity contribution is -0.123. The lowest BCUT2D eigenvalue weighted by atomic mass is 10.3. The summed E-state index contributed by atoms with van der Waals surface area (Å²) >= 11 is 1.61. The number of thioether (sulfide) groups is 1. The van der Waals surface area contributed by atoms with E-state index in [1.807, 2.05) is 0 Å². The highest BCUT2D eigenvalue weighted by Gasteiger charge is 2.13. The number of nitrogens with zero attached hydrogens (tertiary/aromatic N) is 4. The zero-order valence-corrected chi connectivity index (χ0v) is 18.5. The third kappa shape index (κ3) is 6.30. The Bertz CT molecular complexity index is 1010. The lowest BCUT2D eigenvalue weighted by Crippen LogP contribution is -2.31. The highest BCUT2D eigenvalue weighted by atomic mass is 32.2. The first-order valence-corrected chi connectivity index (χ1v) is 11.3. The molecule has 166 valence electrons. The molecule has 2 N–H and O–H groups in total. The standard InChI is InChI=1S/C21H27FN6O2S/c1-3-9-24-19-15-13-25-28(20(15)27-21(26-19)31-12-4-2)11-10-23-18(29)14-30-17-8-6-5-7-16(17)22/h5-8,13H,3-4,9-12,14H2,1-2H3,(H,23,29)(H,24,26,27). The summed E-state index contributed by atoms with van der Waals surface area (Å²) < 4.78 is 20.5. The molecular weight excluding hydrogens is 419 g/mol. The first-order chi connectivity index (χ1) is 15.1. The van der Waals surface area contributed by atoms with Gasteiger partial charge in [0.1, 0.15) is 5.82 Å². The number of ether oxygens (including phenoxy) is 1. The van der Waals surface area contributed by atoms with Crippen molar-refractivity contribution in [3.63, 3.8) is 0 Å². The molecule has 0 radical (unpaired) electrons. The number of nitrogens with one attached hydrogen (secondary N) is 2. The van der Waals surface area contributed by atoms with E-state index >= 15 is 0 Å². The van der Waals surface area contributed by atoms with Crippen LogP contribution in [0.3, 0.4) is 0 Å². The maximum atomic E-state index is 13.6. The van der Waals surface area contributed by atoms with Crippen molar-refractivity contribution in [3.8, 4) is 5.75 Å². The SMILES string of the molecule is CCCNc1nc(SCCC)nc2c1cnn2CCNC(=O)COc1ccccc1F. The molecule has 8 nitrogen and oxygen atoms in total. The number of anilines is 1. The minimum absolute atomic E-state index is 0.0524. The van der Waals surface area contributed by atoms with Crippen molar-refractivity contribution in [2.45, 2.75) is 38.4 Å². The Labute approximate surface area is 185 Å². The van der Waals surface area contributed by atoms with Crippen LogP contribution in [0.25, 0.3) is 11.0 Å². The van der Waals surface area contributed by atoms with E-state index < -0.39 is 5.82 Å². The third-order valence-electron chi connectivity index (χ3n) is 4.29. The number of rotatable bonds is 12. The third-order valence-corrected chi connectivity index (χ3v) is 5.35. The minimum Gasteiger partial charge on any atom is -0.481 e. The van der Waals surface area contributed by atoms with E-state index in [9.17, 15) is 9.18 Å². The quantitative estimate of drug-likeness (QED) is 0.325. The van der Waals surface area contributed by atoms with Crippen LogP contribution in [0.5, 0.6) is 5.75 Å². The first kappa shape index (κ1) is 22.8. The van der Waals surface area contributed by atoms with Crippen LogP contribution in [0, 0.1) is 5.82 Å². The van der Waals surface area contributed by atoms with Gasteiger partial charge in [0.2, 0.25) is 0 Å². The fourth-order valence-electron chi connectivity index (χ4n) is 2.79. The Morgan fingerprint density at radius 2 is 2.03 bits per heavy atom. The Morgan fingerprint density at radius 1 is 1.19 bits per heavy atom. The molecule has 0 aliphatic heterocycles. The van der Waals surface area contributed by atoms with Gasteiger partial charge in [-0.05, 0) is 25.0 Å². The van der Waals surface area contributed by atoms with Crippen LogP contribution in [-0.2, 0) is 11.3 Å². The Kier molecular flexibility index (Phi) is 8.45. The van der Waals surface area contributed by atoms with Crippen LogP contribution in [0.1, 0.15) is 26.7 Å². The van der Waals surface area contributed by atoms with E-state index in [1.165, 1.54) is 12.1 Å². The van der Waals surface area contributed by atoms with Crippen molar-refractivity contribution in [1.29, 1.82) is 0 Å². The number of amides is 1. The molecule has 3 aromatic rings. The van der Waals surface area contributed by atoms with Gasteiger partial charge in [-0.2, -0.15) is 5.10 Å². The smallest absolute Gasteiger partial charge is 0.258 e. The fraction of sp³-hybridized carbons (Fsp3) is 0.429.